The molecule has 0 saturated heterocycles. The lowest BCUT2D eigenvalue weighted by Crippen LogP contribution is -2.18. The number of nitro groups is 1. The van der Waals surface area contributed by atoms with Crippen molar-refractivity contribution in [2.24, 2.45) is 5.10 Å². The van der Waals surface area contributed by atoms with Crippen LogP contribution in [0.2, 0.25) is 0 Å². The van der Waals surface area contributed by atoms with Gasteiger partial charge in [-0.3, -0.25) is 14.9 Å². The fraction of sp³-hybridized carbons (Fsp3) is 0. The third kappa shape index (κ3) is 3.67. The first-order valence-corrected chi connectivity index (χ1v) is 6.83. The molecule has 0 heterocycles. The number of hydrazone groups is 1. The van der Waals surface area contributed by atoms with E-state index in [2.05, 4.69) is 26.5 Å². The van der Waals surface area contributed by atoms with Crippen molar-refractivity contribution in [3.8, 4) is 5.75 Å². The normalized spacial score (nSPS) is 10.6. The number of nitrogens with one attached hydrogen (secondary N) is 1. The first kappa shape index (κ1) is 15.6. The number of benzene rings is 2. The largest absolute Gasteiger partial charge is 0.508 e. The van der Waals surface area contributed by atoms with Crippen molar-refractivity contribution in [3.05, 3.63) is 68.2 Å². The topological polar surface area (TPSA) is 105 Å². The van der Waals surface area contributed by atoms with Gasteiger partial charge < -0.3 is 5.11 Å². The molecule has 1 amide bonds. The molecule has 0 spiro atoms. The van der Waals surface area contributed by atoms with Crippen molar-refractivity contribution < 1.29 is 14.8 Å². The predicted octanol–water partition coefficient (Wildman–Crippen LogP) is 2.83. The van der Waals surface area contributed by atoms with E-state index in [0.717, 1.165) is 12.3 Å². The summed E-state index contributed by atoms with van der Waals surface area (Å²) < 4.78 is 0.603. The lowest BCUT2D eigenvalue weighted by molar-refractivity contribution is -0.385. The van der Waals surface area contributed by atoms with Crippen molar-refractivity contribution in [3.63, 3.8) is 0 Å². The third-order valence-corrected chi connectivity index (χ3v) is 3.39. The molecule has 0 saturated carbocycles. The van der Waals surface area contributed by atoms with Crippen LogP contribution in [0, 0.1) is 10.1 Å². The molecule has 0 aliphatic rings. The van der Waals surface area contributed by atoms with Gasteiger partial charge in [0.25, 0.3) is 11.6 Å². The van der Waals surface area contributed by atoms with Gasteiger partial charge in [0.15, 0.2) is 0 Å². The fourth-order valence-electron chi connectivity index (χ4n) is 1.68. The highest BCUT2D eigenvalue weighted by molar-refractivity contribution is 9.10. The molecule has 2 aromatic carbocycles. The zero-order valence-corrected chi connectivity index (χ0v) is 12.6. The highest BCUT2D eigenvalue weighted by Crippen LogP contribution is 2.21. The number of carbonyl (C=O) groups excluding carboxylic acids is 1. The van der Waals surface area contributed by atoms with Crippen LogP contribution in [0.3, 0.4) is 0 Å². The minimum atomic E-state index is -0.601. The number of aromatic hydroxyl groups is 1. The molecule has 22 heavy (non-hydrogen) atoms. The molecular weight excluding hydrogens is 354 g/mol. The summed E-state index contributed by atoms with van der Waals surface area (Å²) in [6.45, 7) is 0. The summed E-state index contributed by atoms with van der Waals surface area (Å²) >= 11 is 3.24. The Hall–Kier alpha value is -2.74. The molecule has 7 nitrogen and oxygen atoms in total. The average Bonchev–Trinajstić information content (AvgIpc) is 2.47. The van der Waals surface area contributed by atoms with Gasteiger partial charge in [-0.15, -0.1) is 0 Å². The van der Waals surface area contributed by atoms with Crippen molar-refractivity contribution >= 4 is 33.7 Å². The Kier molecular flexibility index (Phi) is 4.84. The number of amides is 1. The predicted molar refractivity (Wildman–Crippen MR) is 84.0 cm³/mol. The van der Waals surface area contributed by atoms with Crippen molar-refractivity contribution in [2.75, 3.05) is 0 Å². The first-order valence-electron chi connectivity index (χ1n) is 6.04. The Morgan fingerprint density at radius 3 is 2.73 bits per heavy atom. The van der Waals surface area contributed by atoms with Crippen LogP contribution < -0.4 is 5.43 Å². The SMILES string of the molecule is O=C(N/N=C/c1cc(O)ccc1[N+](=O)[O-])c1ccccc1Br. The summed E-state index contributed by atoms with van der Waals surface area (Å²) in [4.78, 5) is 22.2. The van der Waals surface area contributed by atoms with Crippen LogP contribution in [-0.2, 0) is 0 Å². The molecule has 0 fully saturated rings. The number of nitrogens with zero attached hydrogens (tertiary/aromatic N) is 2. The molecule has 0 aromatic heterocycles. The summed E-state index contributed by atoms with van der Waals surface area (Å²) in [5, 5.41) is 23.9. The summed E-state index contributed by atoms with van der Waals surface area (Å²) in [6.07, 6.45) is 1.10. The molecule has 0 atom stereocenters. The van der Waals surface area contributed by atoms with Gasteiger partial charge in [0.2, 0.25) is 0 Å². The Labute approximate surface area is 133 Å². The Balaban J connectivity index is 2.17. The minimum absolute atomic E-state index is 0.0810. The maximum absolute atomic E-state index is 11.9. The van der Waals surface area contributed by atoms with Crippen LogP contribution in [0.15, 0.2) is 52.0 Å². The van der Waals surface area contributed by atoms with Crippen LogP contribution in [0.5, 0.6) is 5.75 Å². The van der Waals surface area contributed by atoms with Gasteiger partial charge in [0.1, 0.15) is 5.75 Å². The van der Waals surface area contributed by atoms with E-state index in [-0.39, 0.29) is 17.0 Å². The molecular formula is C14H10BrN3O4. The van der Waals surface area contributed by atoms with Gasteiger partial charge >= 0.3 is 0 Å². The lowest BCUT2D eigenvalue weighted by Gasteiger charge is -2.02. The lowest BCUT2D eigenvalue weighted by atomic mass is 10.2. The molecule has 0 unspecified atom stereocenters. The Morgan fingerprint density at radius 1 is 1.32 bits per heavy atom. The third-order valence-electron chi connectivity index (χ3n) is 2.70. The molecule has 0 radical (unpaired) electrons. The van der Waals surface area contributed by atoms with Gasteiger partial charge in [-0.25, -0.2) is 5.43 Å². The molecule has 0 bridgehead atoms. The first-order chi connectivity index (χ1) is 10.5. The second-order valence-electron chi connectivity index (χ2n) is 4.18. The van der Waals surface area contributed by atoms with E-state index < -0.39 is 10.8 Å². The second kappa shape index (κ2) is 6.81. The van der Waals surface area contributed by atoms with Gasteiger partial charge in [0.05, 0.1) is 22.3 Å². The highest BCUT2D eigenvalue weighted by atomic mass is 79.9. The van der Waals surface area contributed by atoms with E-state index >= 15 is 0 Å². The van der Waals surface area contributed by atoms with Gasteiger partial charge in [-0.05, 0) is 40.2 Å². The molecule has 2 rings (SSSR count). The van der Waals surface area contributed by atoms with E-state index in [1.54, 1.807) is 24.3 Å². The quantitative estimate of drug-likeness (QED) is 0.494. The summed E-state index contributed by atoms with van der Waals surface area (Å²) in [5.41, 5.74) is 2.51. The maximum atomic E-state index is 11.9. The van der Waals surface area contributed by atoms with E-state index in [1.807, 2.05) is 0 Å². The number of halogens is 1. The fourth-order valence-corrected chi connectivity index (χ4v) is 2.14. The molecule has 0 aliphatic carbocycles. The van der Waals surface area contributed by atoms with Gasteiger partial charge in [-0.2, -0.15) is 5.10 Å². The smallest absolute Gasteiger partial charge is 0.278 e. The number of phenols is 1. The zero-order chi connectivity index (χ0) is 16.1. The number of hydrogen-bond acceptors (Lipinski definition) is 5. The molecule has 0 aliphatic heterocycles. The van der Waals surface area contributed by atoms with Gasteiger partial charge in [-0.1, -0.05) is 12.1 Å². The van der Waals surface area contributed by atoms with Crippen molar-refractivity contribution in [1.82, 2.24) is 5.43 Å². The van der Waals surface area contributed by atoms with Gasteiger partial charge in [0, 0.05) is 10.5 Å². The Morgan fingerprint density at radius 2 is 2.05 bits per heavy atom. The summed E-state index contributed by atoms with van der Waals surface area (Å²) in [7, 11) is 0. The molecule has 112 valence electrons. The van der Waals surface area contributed by atoms with Crippen LogP contribution >= 0.6 is 15.9 Å². The molecule has 2 aromatic rings. The number of nitro benzene ring substituents is 1. The zero-order valence-electron chi connectivity index (χ0n) is 11.1. The molecule has 2 N–H and O–H groups in total. The van der Waals surface area contributed by atoms with E-state index in [1.165, 1.54) is 12.1 Å². The van der Waals surface area contributed by atoms with Crippen LogP contribution in [0.4, 0.5) is 5.69 Å². The molecule has 8 heteroatoms. The minimum Gasteiger partial charge on any atom is -0.508 e. The summed E-state index contributed by atoms with van der Waals surface area (Å²) in [5.74, 6) is -0.601. The number of hydrogen-bond donors (Lipinski definition) is 2. The maximum Gasteiger partial charge on any atom is 0.278 e. The monoisotopic (exact) mass is 363 g/mol. The van der Waals surface area contributed by atoms with Crippen LogP contribution in [-0.4, -0.2) is 22.2 Å². The van der Waals surface area contributed by atoms with Crippen LogP contribution in [0.25, 0.3) is 0 Å². The van der Waals surface area contributed by atoms with E-state index in [4.69, 9.17) is 0 Å². The van der Waals surface area contributed by atoms with Crippen molar-refractivity contribution in [2.45, 2.75) is 0 Å². The van der Waals surface area contributed by atoms with Crippen LogP contribution in [0.1, 0.15) is 15.9 Å². The van der Waals surface area contributed by atoms with Crippen molar-refractivity contribution in [1.29, 1.82) is 0 Å². The summed E-state index contributed by atoms with van der Waals surface area (Å²) in [6, 6.07) is 10.3. The average molecular weight is 364 g/mol. The standard InChI is InChI=1S/C14H10BrN3O4/c15-12-4-2-1-3-11(12)14(20)17-16-8-9-7-10(19)5-6-13(9)18(21)22/h1-8,19H,(H,17,20)/b16-8+. The second-order valence-corrected chi connectivity index (χ2v) is 5.03. The number of carbonyl (C=O) groups is 1. The Bertz CT molecular complexity index is 762. The van der Waals surface area contributed by atoms with E-state index in [9.17, 15) is 20.0 Å². The number of rotatable bonds is 4. The van der Waals surface area contributed by atoms with E-state index in [0.29, 0.717) is 10.0 Å². The number of phenolic OH excluding ortho intramolecular Hbond substituents is 1. The highest BCUT2D eigenvalue weighted by Gasteiger charge is 2.13.